The number of nitrogens with zero attached hydrogens (tertiary/aromatic N) is 1. The molecule has 1 aliphatic carbocycles. The Hall–Kier alpha value is -1.79. The molecule has 0 bridgehead atoms. The Morgan fingerprint density at radius 3 is 2.79 bits per heavy atom. The van der Waals surface area contributed by atoms with Crippen molar-refractivity contribution < 1.29 is 14.3 Å². The van der Waals surface area contributed by atoms with Crippen molar-refractivity contribution in [2.75, 3.05) is 25.5 Å². The van der Waals surface area contributed by atoms with E-state index in [0.717, 1.165) is 32.2 Å². The van der Waals surface area contributed by atoms with Gasteiger partial charge in [-0.25, -0.2) is 0 Å². The minimum absolute atomic E-state index is 0.0512. The Balaban J connectivity index is 1.55. The molecule has 0 aromatic heterocycles. The number of hydrogen-bond acceptors (Lipinski definition) is 4. The van der Waals surface area contributed by atoms with Crippen molar-refractivity contribution in [3.63, 3.8) is 0 Å². The zero-order valence-electron chi connectivity index (χ0n) is 13.7. The molecule has 2 fully saturated rings. The summed E-state index contributed by atoms with van der Waals surface area (Å²) in [4.78, 5) is 26.5. The summed E-state index contributed by atoms with van der Waals surface area (Å²) < 4.78 is 5.09. The average Bonchev–Trinajstić information content (AvgIpc) is 3.23. The molecule has 1 unspecified atom stereocenters. The maximum Gasteiger partial charge on any atom is 0.238 e. The number of methoxy groups -OCH3 is 1. The van der Waals surface area contributed by atoms with E-state index in [-0.39, 0.29) is 24.4 Å². The summed E-state index contributed by atoms with van der Waals surface area (Å²) in [6.45, 7) is 0.964. The fourth-order valence-corrected chi connectivity index (χ4v) is 3.22. The lowest BCUT2D eigenvalue weighted by atomic mass is 10.2. The Kier molecular flexibility index (Phi) is 5.26. The van der Waals surface area contributed by atoms with E-state index in [2.05, 4.69) is 10.6 Å². The molecule has 0 spiro atoms. The van der Waals surface area contributed by atoms with Crippen LogP contribution in [0.1, 0.15) is 25.7 Å². The molecule has 24 heavy (non-hydrogen) atoms. The van der Waals surface area contributed by atoms with Crippen molar-refractivity contribution >= 4 is 29.1 Å². The molecular weight excluding hydrogens is 330 g/mol. The van der Waals surface area contributed by atoms with Gasteiger partial charge in [-0.1, -0.05) is 11.6 Å². The van der Waals surface area contributed by atoms with Gasteiger partial charge >= 0.3 is 0 Å². The highest BCUT2D eigenvalue weighted by atomic mass is 35.5. The number of carbonyl (C=O) groups is 2. The van der Waals surface area contributed by atoms with E-state index in [0.29, 0.717) is 22.5 Å². The van der Waals surface area contributed by atoms with Gasteiger partial charge in [0.15, 0.2) is 0 Å². The molecule has 1 aromatic carbocycles. The second-order valence-corrected chi connectivity index (χ2v) is 6.72. The molecule has 1 saturated carbocycles. The lowest BCUT2D eigenvalue weighted by molar-refractivity contribution is -0.126. The van der Waals surface area contributed by atoms with E-state index >= 15 is 0 Å². The fourth-order valence-electron chi connectivity index (χ4n) is 2.97. The first-order chi connectivity index (χ1) is 11.6. The first kappa shape index (κ1) is 17.0. The fraction of sp³-hybridized carbons (Fsp3) is 0.529. The molecule has 1 saturated heterocycles. The Labute approximate surface area is 146 Å². The predicted molar refractivity (Wildman–Crippen MR) is 92.4 cm³/mol. The normalized spacial score (nSPS) is 20.7. The first-order valence-electron chi connectivity index (χ1n) is 8.24. The van der Waals surface area contributed by atoms with Crippen LogP contribution in [-0.2, 0) is 9.59 Å². The highest BCUT2D eigenvalue weighted by Crippen LogP contribution is 2.27. The standard InChI is InChI=1S/C17H22ClN3O3/c1-24-15-7-6-12(9-13(15)18)19-16(22)10-21-8-2-3-14(21)17(23)20-11-4-5-11/h6-7,9,11,14H,2-5,8,10H2,1H3,(H,19,22)(H,20,23). The number of likely N-dealkylation sites (tertiary alicyclic amines) is 1. The Morgan fingerprint density at radius 2 is 2.12 bits per heavy atom. The molecule has 2 N–H and O–H groups in total. The van der Waals surface area contributed by atoms with Crippen LogP contribution in [0.4, 0.5) is 5.69 Å². The molecule has 6 nitrogen and oxygen atoms in total. The van der Waals surface area contributed by atoms with Gasteiger partial charge in [-0.15, -0.1) is 0 Å². The monoisotopic (exact) mass is 351 g/mol. The van der Waals surface area contributed by atoms with Gasteiger partial charge in [-0.2, -0.15) is 0 Å². The summed E-state index contributed by atoms with van der Waals surface area (Å²) in [5.41, 5.74) is 0.615. The molecule has 130 valence electrons. The number of benzene rings is 1. The van der Waals surface area contributed by atoms with Gasteiger partial charge in [0.25, 0.3) is 0 Å². The quantitative estimate of drug-likeness (QED) is 0.822. The lowest BCUT2D eigenvalue weighted by Gasteiger charge is -2.23. The summed E-state index contributed by atoms with van der Waals surface area (Å²) in [6, 6.07) is 5.24. The van der Waals surface area contributed by atoms with Crippen LogP contribution in [0.25, 0.3) is 0 Å². The number of ether oxygens (including phenoxy) is 1. The van der Waals surface area contributed by atoms with Crippen LogP contribution in [-0.4, -0.2) is 49.0 Å². The van der Waals surface area contributed by atoms with Gasteiger partial charge < -0.3 is 15.4 Å². The third kappa shape index (κ3) is 4.19. The van der Waals surface area contributed by atoms with Crippen molar-refractivity contribution in [1.82, 2.24) is 10.2 Å². The highest BCUT2D eigenvalue weighted by molar-refractivity contribution is 6.32. The number of hydrogen-bond donors (Lipinski definition) is 2. The lowest BCUT2D eigenvalue weighted by Crippen LogP contribution is -2.46. The summed E-state index contributed by atoms with van der Waals surface area (Å²) in [5, 5.41) is 6.29. The van der Waals surface area contributed by atoms with Crippen LogP contribution in [0.3, 0.4) is 0 Å². The minimum Gasteiger partial charge on any atom is -0.495 e. The largest absolute Gasteiger partial charge is 0.495 e. The van der Waals surface area contributed by atoms with Crippen molar-refractivity contribution in [2.45, 2.75) is 37.8 Å². The molecule has 1 heterocycles. The molecule has 3 rings (SSSR count). The second-order valence-electron chi connectivity index (χ2n) is 6.31. The summed E-state index contributed by atoms with van der Waals surface area (Å²) in [6.07, 6.45) is 3.87. The molecule has 1 aliphatic heterocycles. The third-order valence-electron chi connectivity index (χ3n) is 4.37. The maximum atomic E-state index is 12.3. The van der Waals surface area contributed by atoms with Crippen LogP contribution < -0.4 is 15.4 Å². The van der Waals surface area contributed by atoms with Gasteiger partial charge in [-0.05, 0) is 50.4 Å². The first-order valence-corrected chi connectivity index (χ1v) is 8.62. The maximum absolute atomic E-state index is 12.3. The van der Waals surface area contributed by atoms with Crippen LogP contribution >= 0.6 is 11.6 Å². The van der Waals surface area contributed by atoms with Crippen molar-refractivity contribution in [3.8, 4) is 5.75 Å². The van der Waals surface area contributed by atoms with Crippen LogP contribution in [0.15, 0.2) is 18.2 Å². The smallest absolute Gasteiger partial charge is 0.238 e. The van der Waals surface area contributed by atoms with Crippen LogP contribution in [0.2, 0.25) is 5.02 Å². The molecule has 1 atom stereocenters. The van der Waals surface area contributed by atoms with E-state index in [1.807, 2.05) is 4.90 Å². The highest BCUT2D eigenvalue weighted by Gasteiger charge is 2.34. The topological polar surface area (TPSA) is 70.7 Å². The van der Waals surface area contributed by atoms with Gasteiger partial charge in [0.1, 0.15) is 5.75 Å². The van der Waals surface area contributed by atoms with E-state index < -0.39 is 0 Å². The molecule has 2 aliphatic rings. The molecule has 0 radical (unpaired) electrons. The third-order valence-corrected chi connectivity index (χ3v) is 4.67. The summed E-state index contributed by atoms with van der Waals surface area (Å²) in [7, 11) is 1.54. The molecule has 2 amide bonds. The van der Waals surface area contributed by atoms with E-state index in [1.54, 1.807) is 25.3 Å². The number of anilines is 1. The zero-order valence-corrected chi connectivity index (χ0v) is 14.4. The van der Waals surface area contributed by atoms with E-state index in [9.17, 15) is 9.59 Å². The number of carbonyl (C=O) groups excluding carboxylic acids is 2. The van der Waals surface area contributed by atoms with Gasteiger partial charge in [0.05, 0.1) is 24.7 Å². The zero-order chi connectivity index (χ0) is 17.1. The summed E-state index contributed by atoms with van der Waals surface area (Å²) >= 11 is 6.06. The number of rotatable bonds is 6. The predicted octanol–water partition coefficient (Wildman–Crippen LogP) is 2.03. The number of amides is 2. The van der Waals surface area contributed by atoms with Gasteiger partial charge in [0.2, 0.25) is 11.8 Å². The Morgan fingerprint density at radius 1 is 1.33 bits per heavy atom. The average molecular weight is 352 g/mol. The second kappa shape index (κ2) is 7.40. The van der Waals surface area contributed by atoms with Crippen molar-refractivity contribution in [1.29, 1.82) is 0 Å². The van der Waals surface area contributed by atoms with Crippen molar-refractivity contribution in [2.24, 2.45) is 0 Å². The van der Waals surface area contributed by atoms with Crippen LogP contribution in [0.5, 0.6) is 5.75 Å². The van der Waals surface area contributed by atoms with Crippen LogP contribution in [0, 0.1) is 0 Å². The summed E-state index contributed by atoms with van der Waals surface area (Å²) in [5.74, 6) is 0.462. The minimum atomic E-state index is -0.198. The Bertz CT molecular complexity index is 634. The number of halogens is 1. The molecule has 7 heteroatoms. The van der Waals surface area contributed by atoms with E-state index in [4.69, 9.17) is 16.3 Å². The SMILES string of the molecule is COc1ccc(NC(=O)CN2CCCC2C(=O)NC2CC2)cc1Cl. The molecule has 1 aromatic rings. The number of nitrogens with one attached hydrogen (secondary N) is 2. The van der Waals surface area contributed by atoms with Gasteiger partial charge in [-0.3, -0.25) is 14.5 Å². The van der Waals surface area contributed by atoms with Gasteiger partial charge in [0, 0.05) is 11.7 Å². The van der Waals surface area contributed by atoms with E-state index in [1.165, 1.54) is 0 Å². The van der Waals surface area contributed by atoms with Crippen molar-refractivity contribution in [3.05, 3.63) is 23.2 Å². The molecular formula is C17H22ClN3O3.